The van der Waals surface area contributed by atoms with Crippen LogP contribution in [-0.4, -0.2) is 36.6 Å². The van der Waals surface area contributed by atoms with Crippen LogP contribution in [-0.2, 0) is 0 Å². The molecule has 1 aliphatic rings. The molecule has 0 aliphatic carbocycles. The van der Waals surface area contributed by atoms with E-state index in [1.165, 1.54) is 26.1 Å². The Morgan fingerprint density at radius 1 is 1.18 bits per heavy atom. The van der Waals surface area contributed by atoms with Gasteiger partial charge in [-0.05, 0) is 31.1 Å². The van der Waals surface area contributed by atoms with Crippen LogP contribution in [0.25, 0.3) is 0 Å². The van der Waals surface area contributed by atoms with Gasteiger partial charge in [0.1, 0.15) is 0 Å². The third-order valence-electron chi connectivity index (χ3n) is 4.51. The molecule has 1 fully saturated rings. The van der Waals surface area contributed by atoms with Crippen LogP contribution >= 0.6 is 0 Å². The summed E-state index contributed by atoms with van der Waals surface area (Å²) in [6.07, 6.45) is 1.22. The minimum absolute atomic E-state index is 0.330. The first-order chi connectivity index (χ1) is 7.88. The van der Waals surface area contributed by atoms with Gasteiger partial charge in [0.05, 0.1) is 0 Å². The van der Waals surface area contributed by atoms with Gasteiger partial charge in [0.2, 0.25) is 0 Å². The summed E-state index contributed by atoms with van der Waals surface area (Å²) in [6, 6.07) is 0. The van der Waals surface area contributed by atoms with Gasteiger partial charge in [-0.15, -0.1) is 0 Å². The maximum absolute atomic E-state index is 3.67. The molecule has 102 valence electrons. The van der Waals surface area contributed by atoms with E-state index in [-0.39, 0.29) is 0 Å². The van der Waals surface area contributed by atoms with Crippen molar-refractivity contribution in [3.05, 3.63) is 0 Å². The monoisotopic (exact) mass is 240 g/mol. The van der Waals surface area contributed by atoms with Gasteiger partial charge in [-0.3, -0.25) is 4.90 Å². The highest BCUT2D eigenvalue weighted by Gasteiger charge is 2.30. The number of nitrogens with zero attached hydrogens (tertiary/aromatic N) is 1. The van der Waals surface area contributed by atoms with Crippen molar-refractivity contribution in [2.75, 3.05) is 26.2 Å². The summed E-state index contributed by atoms with van der Waals surface area (Å²) in [4.78, 5) is 2.67. The van der Waals surface area contributed by atoms with E-state index in [0.717, 1.165) is 24.3 Å². The summed E-state index contributed by atoms with van der Waals surface area (Å²) >= 11 is 0. The summed E-state index contributed by atoms with van der Waals surface area (Å²) in [5.74, 6) is 2.41. The molecule has 0 spiro atoms. The lowest BCUT2D eigenvalue weighted by molar-refractivity contribution is 0.0973. The van der Waals surface area contributed by atoms with E-state index < -0.39 is 0 Å². The van der Waals surface area contributed by atoms with Gasteiger partial charge in [-0.25, -0.2) is 0 Å². The van der Waals surface area contributed by atoms with Crippen LogP contribution in [0.1, 0.15) is 48.0 Å². The molecule has 2 nitrogen and oxygen atoms in total. The highest BCUT2D eigenvalue weighted by molar-refractivity contribution is 4.90. The third kappa shape index (κ3) is 4.26. The standard InChI is InChI=1S/C15H32N2/c1-7-15(6)11-17(9-8-16-15)10-14(12(2)3)13(4)5/h12-14,16H,7-11H2,1-6H3. The average Bonchev–Trinajstić information content (AvgIpc) is 2.25. The molecule has 1 unspecified atom stereocenters. The number of hydrogen-bond donors (Lipinski definition) is 1. The van der Waals surface area contributed by atoms with Gasteiger partial charge in [-0.2, -0.15) is 0 Å². The first-order valence-corrected chi connectivity index (χ1v) is 7.35. The molecule has 0 saturated carbocycles. The molecule has 1 rings (SSSR count). The lowest BCUT2D eigenvalue weighted by Crippen LogP contribution is -2.59. The number of rotatable bonds is 5. The number of nitrogens with one attached hydrogen (secondary N) is 1. The molecular formula is C15H32N2. The van der Waals surface area contributed by atoms with Crippen LogP contribution in [0.4, 0.5) is 0 Å². The van der Waals surface area contributed by atoms with Gasteiger partial charge < -0.3 is 5.32 Å². The fourth-order valence-electron chi connectivity index (χ4n) is 3.03. The van der Waals surface area contributed by atoms with Gasteiger partial charge in [0.25, 0.3) is 0 Å². The molecule has 0 radical (unpaired) electrons. The molecule has 0 aromatic heterocycles. The van der Waals surface area contributed by atoms with E-state index in [1.807, 2.05) is 0 Å². The zero-order valence-corrected chi connectivity index (χ0v) is 12.7. The summed E-state index contributed by atoms with van der Waals surface area (Å²) in [6.45, 7) is 19.0. The highest BCUT2D eigenvalue weighted by atomic mass is 15.2. The van der Waals surface area contributed by atoms with E-state index in [9.17, 15) is 0 Å². The van der Waals surface area contributed by atoms with Gasteiger partial charge in [-0.1, -0.05) is 34.6 Å². The number of hydrogen-bond acceptors (Lipinski definition) is 2. The third-order valence-corrected chi connectivity index (χ3v) is 4.51. The first kappa shape index (κ1) is 15.0. The molecular weight excluding hydrogens is 208 g/mol. The Bertz CT molecular complexity index is 217. The van der Waals surface area contributed by atoms with E-state index in [4.69, 9.17) is 0 Å². The van der Waals surface area contributed by atoms with Crippen molar-refractivity contribution in [1.29, 1.82) is 0 Å². The van der Waals surface area contributed by atoms with E-state index in [2.05, 4.69) is 51.8 Å². The fraction of sp³-hybridized carbons (Fsp3) is 1.00. The van der Waals surface area contributed by atoms with Crippen molar-refractivity contribution in [1.82, 2.24) is 10.2 Å². The molecule has 2 heteroatoms. The average molecular weight is 240 g/mol. The Morgan fingerprint density at radius 3 is 2.24 bits per heavy atom. The number of piperazine rings is 1. The van der Waals surface area contributed by atoms with Crippen LogP contribution in [0.15, 0.2) is 0 Å². The van der Waals surface area contributed by atoms with Crippen LogP contribution < -0.4 is 5.32 Å². The Kier molecular flexibility index (Phi) is 5.46. The van der Waals surface area contributed by atoms with Crippen molar-refractivity contribution in [3.8, 4) is 0 Å². The minimum atomic E-state index is 0.330. The van der Waals surface area contributed by atoms with Crippen molar-refractivity contribution < 1.29 is 0 Å². The first-order valence-electron chi connectivity index (χ1n) is 7.35. The Labute approximate surface area is 108 Å². The van der Waals surface area contributed by atoms with Gasteiger partial charge in [0, 0.05) is 31.7 Å². The largest absolute Gasteiger partial charge is 0.309 e. The highest BCUT2D eigenvalue weighted by Crippen LogP contribution is 2.24. The second kappa shape index (κ2) is 6.19. The predicted octanol–water partition coefficient (Wildman–Crippen LogP) is 2.99. The topological polar surface area (TPSA) is 15.3 Å². The predicted molar refractivity (Wildman–Crippen MR) is 76.3 cm³/mol. The molecule has 1 aliphatic heterocycles. The van der Waals surface area contributed by atoms with Gasteiger partial charge >= 0.3 is 0 Å². The summed E-state index contributed by atoms with van der Waals surface area (Å²) in [5.41, 5.74) is 0.330. The molecule has 17 heavy (non-hydrogen) atoms. The molecule has 1 atom stereocenters. The Hall–Kier alpha value is -0.0800. The zero-order chi connectivity index (χ0) is 13.1. The second-order valence-corrected chi connectivity index (χ2v) is 6.73. The molecule has 0 bridgehead atoms. The maximum atomic E-state index is 3.67. The zero-order valence-electron chi connectivity index (χ0n) is 12.7. The minimum Gasteiger partial charge on any atom is -0.309 e. The van der Waals surface area contributed by atoms with E-state index in [0.29, 0.717) is 5.54 Å². The molecule has 1 saturated heterocycles. The van der Waals surface area contributed by atoms with Crippen LogP contribution in [0, 0.1) is 17.8 Å². The second-order valence-electron chi connectivity index (χ2n) is 6.73. The van der Waals surface area contributed by atoms with E-state index >= 15 is 0 Å². The molecule has 0 aromatic rings. The van der Waals surface area contributed by atoms with Crippen LogP contribution in [0.2, 0.25) is 0 Å². The van der Waals surface area contributed by atoms with Crippen LogP contribution in [0.5, 0.6) is 0 Å². The van der Waals surface area contributed by atoms with Crippen molar-refractivity contribution >= 4 is 0 Å². The normalized spacial score (nSPS) is 27.4. The maximum Gasteiger partial charge on any atom is 0.0278 e. The molecule has 1 heterocycles. The summed E-state index contributed by atoms with van der Waals surface area (Å²) < 4.78 is 0. The lowest BCUT2D eigenvalue weighted by Gasteiger charge is -2.43. The summed E-state index contributed by atoms with van der Waals surface area (Å²) in [7, 11) is 0. The van der Waals surface area contributed by atoms with Crippen LogP contribution in [0.3, 0.4) is 0 Å². The van der Waals surface area contributed by atoms with Gasteiger partial charge in [0.15, 0.2) is 0 Å². The van der Waals surface area contributed by atoms with Crippen molar-refractivity contribution in [3.63, 3.8) is 0 Å². The van der Waals surface area contributed by atoms with Crippen molar-refractivity contribution in [2.24, 2.45) is 17.8 Å². The Morgan fingerprint density at radius 2 is 1.76 bits per heavy atom. The fourth-order valence-corrected chi connectivity index (χ4v) is 3.03. The quantitative estimate of drug-likeness (QED) is 0.795. The molecule has 0 amide bonds. The Balaban J connectivity index is 2.55. The lowest BCUT2D eigenvalue weighted by atomic mass is 9.84. The van der Waals surface area contributed by atoms with Crippen molar-refractivity contribution in [2.45, 2.75) is 53.5 Å². The summed E-state index contributed by atoms with van der Waals surface area (Å²) in [5, 5.41) is 3.67. The SMILES string of the molecule is CCC1(C)CN(CC(C(C)C)C(C)C)CCN1. The molecule has 0 aromatic carbocycles. The molecule has 1 N–H and O–H groups in total. The van der Waals surface area contributed by atoms with E-state index in [1.54, 1.807) is 0 Å². The smallest absolute Gasteiger partial charge is 0.0278 e.